The molecule has 1 unspecified atom stereocenters. The molecular formula is C18H24Cl2O4. The van der Waals surface area contributed by atoms with E-state index in [2.05, 4.69) is 0 Å². The highest BCUT2D eigenvalue weighted by Crippen LogP contribution is 2.31. The van der Waals surface area contributed by atoms with Crippen molar-refractivity contribution in [1.29, 1.82) is 0 Å². The molecule has 1 atom stereocenters. The molecule has 0 saturated heterocycles. The Morgan fingerprint density at radius 3 is 2.54 bits per heavy atom. The van der Waals surface area contributed by atoms with Crippen molar-refractivity contribution in [2.45, 2.75) is 46.8 Å². The minimum Gasteiger partial charge on any atom is -0.489 e. The lowest BCUT2D eigenvalue weighted by atomic mass is 10.1. The van der Waals surface area contributed by atoms with Gasteiger partial charge >= 0.3 is 0 Å². The van der Waals surface area contributed by atoms with Crippen LogP contribution in [-0.4, -0.2) is 25.3 Å². The summed E-state index contributed by atoms with van der Waals surface area (Å²) in [6, 6.07) is 3.73. The average Bonchev–Trinajstić information content (AvgIpc) is 2.51. The van der Waals surface area contributed by atoms with Gasteiger partial charge in [-0.1, -0.05) is 37.0 Å². The number of ketones is 1. The predicted octanol–water partition coefficient (Wildman–Crippen LogP) is 4.98. The van der Waals surface area contributed by atoms with E-state index in [1.165, 1.54) is 6.92 Å². The van der Waals surface area contributed by atoms with Crippen LogP contribution < -0.4 is 9.47 Å². The quantitative estimate of drug-likeness (QED) is 0.542. The van der Waals surface area contributed by atoms with Gasteiger partial charge in [0.1, 0.15) is 22.6 Å². The first kappa shape index (κ1) is 20.8. The van der Waals surface area contributed by atoms with E-state index in [4.69, 9.17) is 37.4 Å². The van der Waals surface area contributed by atoms with Crippen LogP contribution in [0, 0.1) is 6.92 Å². The molecule has 6 heteroatoms. The van der Waals surface area contributed by atoms with Gasteiger partial charge in [-0.2, -0.15) is 0 Å². The zero-order valence-corrected chi connectivity index (χ0v) is 16.0. The fourth-order valence-electron chi connectivity index (χ4n) is 2.09. The van der Waals surface area contributed by atoms with E-state index in [-0.39, 0.29) is 16.9 Å². The molecule has 0 aromatic heterocycles. The zero-order valence-electron chi connectivity index (χ0n) is 14.5. The smallest absolute Gasteiger partial charge is 0.259 e. The Kier molecular flexibility index (Phi) is 9.19. The van der Waals surface area contributed by atoms with Crippen molar-refractivity contribution in [1.82, 2.24) is 0 Å². The molecule has 0 heterocycles. The molecule has 1 aromatic rings. The summed E-state index contributed by atoms with van der Waals surface area (Å²) >= 11 is 11.1. The van der Waals surface area contributed by atoms with E-state index >= 15 is 0 Å². The van der Waals surface area contributed by atoms with Crippen LogP contribution in [0.15, 0.2) is 22.7 Å². The minimum atomic E-state index is -0.890. The third kappa shape index (κ3) is 6.71. The maximum Gasteiger partial charge on any atom is 0.259 e. The van der Waals surface area contributed by atoms with Crippen LogP contribution in [0.1, 0.15) is 38.3 Å². The van der Waals surface area contributed by atoms with E-state index in [1.54, 1.807) is 6.08 Å². The number of Topliss-reactive ketones (excluding diaryl/α,β-unsaturated/α-hetero) is 1. The van der Waals surface area contributed by atoms with Crippen molar-refractivity contribution in [3.63, 3.8) is 0 Å². The molecule has 0 fully saturated rings. The van der Waals surface area contributed by atoms with E-state index < -0.39 is 6.29 Å². The number of carbonyl (C=O) groups excluding carboxylic acids is 1. The van der Waals surface area contributed by atoms with Gasteiger partial charge in [0.25, 0.3) is 6.29 Å². The molecule has 0 N–H and O–H groups in total. The molecule has 24 heavy (non-hydrogen) atoms. The third-order valence-corrected chi connectivity index (χ3v) is 3.53. The second-order valence-corrected chi connectivity index (χ2v) is 6.33. The van der Waals surface area contributed by atoms with Gasteiger partial charge in [0.15, 0.2) is 5.78 Å². The summed E-state index contributed by atoms with van der Waals surface area (Å²) in [7, 11) is 0. The number of hydrogen-bond donors (Lipinski definition) is 0. The van der Waals surface area contributed by atoms with Gasteiger partial charge in [-0.05, 0) is 49.1 Å². The van der Waals surface area contributed by atoms with Crippen molar-refractivity contribution >= 4 is 29.0 Å². The molecule has 0 aliphatic heterocycles. The van der Waals surface area contributed by atoms with E-state index in [1.807, 2.05) is 32.9 Å². The number of rotatable bonds is 10. The highest BCUT2D eigenvalue weighted by atomic mass is 35.5. The Morgan fingerprint density at radius 1 is 1.29 bits per heavy atom. The number of aryl methyl sites for hydroxylation is 2. The van der Waals surface area contributed by atoms with E-state index in [0.29, 0.717) is 18.1 Å². The number of benzene rings is 1. The van der Waals surface area contributed by atoms with Gasteiger partial charge in [-0.3, -0.25) is 4.79 Å². The van der Waals surface area contributed by atoms with Gasteiger partial charge < -0.3 is 14.2 Å². The predicted molar refractivity (Wildman–Crippen MR) is 97.2 cm³/mol. The van der Waals surface area contributed by atoms with Crippen molar-refractivity contribution in [3.8, 4) is 11.5 Å². The van der Waals surface area contributed by atoms with Gasteiger partial charge in [-0.15, -0.1) is 0 Å². The summed E-state index contributed by atoms with van der Waals surface area (Å²) < 4.78 is 17.1. The topological polar surface area (TPSA) is 44.8 Å². The molecule has 0 radical (unpaired) electrons. The standard InChI is InChI=1S/C18H24Cl2O4/c1-5-8-23-18(13(4)21)24-17-12(3)10-15(11-14(17)6-2)22-9-7-16(19)20/h7,10-11,18H,5-6,8-9H2,1-4H3. The van der Waals surface area contributed by atoms with Crippen molar-refractivity contribution in [2.24, 2.45) is 0 Å². The first-order valence-electron chi connectivity index (χ1n) is 7.95. The molecule has 0 aliphatic carbocycles. The van der Waals surface area contributed by atoms with Crippen molar-refractivity contribution < 1.29 is 19.0 Å². The number of halogens is 2. The Bertz CT molecular complexity index is 581. The van der Waals surface area contributed by atoms with Crippen LogP contribution in [0.25, 0.3) is 0 Å². The Balaban J connectivity index is 2.97. The molecule has 0 amide bonds. The molecule has 1 rings (SSSR count). The van der Waals surface area contributed by atoms with Crippen LogP contribution in [0.2, 0.25) is 0 Å². The van der Waals surface area contributed by atoms with Crippen LogP contribution >= 0.6 is 23.2 Å². The van der Waals surface area contributed by atoms with Crippen LogP contribution in [0.5, 0.6) is 11.5 Å². The van der Waals surface area contributed by atoms with Crippen molar-refractivity contribution in [2.75, 3.05) is 13.2 Å². The van der Waals surface area contributed by atoms with Gasteiger partial charge in [0.2, 0.25) is 0 Å². The lowest BCUT2D eigenvalue weighted by Crippen LogP contribution is -2.29. The first-order valence-corrected chi connectivity index (χ1v) is 8.70. The fourth-order valence-corrected chi connectivity index (χ4v) is 2.22. The Hall–Kier alpha value is -1.23. The monoisotopic (exact) mass is 374 g/mol. The van der Waals surface area contributed by atoms with Crippen LogP contribution in [-0.2, 0) is 16.0 Å². The highest BCUT2D eigenvalue weighted by Gasteiger charge is 2.20. The summed E-state index contributed by atoms with van der Waals surface area (Å²) in [4.78, 5) is 11.7. The molecule has 4 nitrogen and oxygen atoms in total. The largest absolute Gasteiger partial charge is 0.489 e. The lowest BCUT2D eigenvalue weighted by Gasteiger charge is -2.21. The molecular weight excluding hydrogens is 351 g/mol. The summed E-state index contributed by atoms with van der Waals surface area (Å²) in [5.74, 6) is 1.19. The summed E-state index contributed by atoms with van der Waals surface area (Å²) in [6.45, 7) is 8.10. The maximum atomic E-state index is 11.7. The first-order chi connectivity index (χ1) is 11.4. The minimum absolute atomic E-state index is 0.160. The fraction of sp³-hybridized carbons (Fsp3) is 0.500. The number of hydrogen-bond acceptors (Lipinski definition) is 4. The second kappa shape index (κ2) is 10.6. The number of carbonyl (C=O) groups is 1. The molecule has 0 saturated carbocycles. The maximum absolute atomic E-state index is 11.7. The third-order valence-electron chi connectivity index (χ3n) is 3.22. The average molecular weight is 375 g/mol. The van der Waals surface area contributed by atoms with Crippen molar-refractivity contribution in [3.05, 3.63) is 33.8 Å². The summed E-state index contributed by atoms with van der Waals surface area (Å²) in [5.41, 5.74) is 1.81. The highest BCUT2D eigenvalue weighted by molar-refractivity contribution is 6.55. The molecule has 0 aliphatic rings. The molecule has 0 bridgehead atoms. The molecule has 0 spiro atoms. The molecule has 1 aromatic carbocycles. The van der Waals surface area contributed by atoms with Gasteiger partial charge in [0, 0.05) is 6.92 Å². The Labute approximate surface area is 153 Å². The lowest BCUT2D eigenvalue weighted by molar-refractivity contribution is -0.148. The second-order valence-electron chi connectivity index (χ2n) is 5.32. The SMILES string of the molecule is CCCOC(Oc1c(C)cc(OCC=C(Cl)Cl)cc1CC)C(C)=O. The summed E-state index contributed by atoms with van der Waals surface area (Å²) in [5, 5.41) is 0. The Morgan fingerprint density at radius 2 is 2.00 bits per heavy atom. The van der Waals surface area contributed by atoms with E-state index in [0.717, 1.165) is 24.0 Å². The molecule has 134 valence electrons. The van der Waals surface area contributed by atoms with Gasteiger partial charge in [0.05, 0.1) is 6.61 Å². The number of ether oxygens (including phenoxy) is 3. The van der Waals surface area contributed by atoms with Gasteiger partial charge in [-0.25, -0.2) is 0 Å². The zero-order chi connectivity index (χ0) is 18.1. The normalized spacial score (nSPS) is 11.8. The van der Waals surface area contributed by atoms with Crippen LogP contribution in [0.3, 0.4) is 0 Å². The summed E-state index contributed by atoms with van der Waals surface area (Å²) in [6.07, 6.45) is 2.23. The van der Waals surface area contributed by atoms with Crippen LogP contribution in [0.4, 0.5) is 0 Å². The van der Waals surface area contributed by atoms with E-state index in [9.17, 15) is 4.79 Å².